The van der Waals surface area contributed by atoms with Gasteiger partial charge in [0.1, 0.15) is 0 Å². The van der Waals surface area contributed by atoms with Crippen LogP contribution >= 0.6 is 15.9 Å². The molecule has 0 bridgehead atoms. The van der Waals surface area contributed by atoms with Crippen LogP contribution in [0.15, 0.2) is 24.3 Å². The summed E-state index contributed by atoms with van der Waals surface area (Å²) in [6.45, 7) is 0. The molecular weight excluding hydrogens is 226 g/mol. The molecular formula is C11H8BrN. The average molecular weight is 234 g/mol. The lowest BCUT2D eigenvalue weighted by Crippen LogP contribution is -1.87. The molecule has 2 heteroatoms. The summed E-state index contributed by atoms with van der Waals surface area (Å²) < 4.78 is 0. The summed E-state index contributed by atoms with van der Waals surface area (Å²) in [5.74, 6) is 5.92. The highest BCUT2D eigenvalue weighted by Gasteiger charge is 1.96. The van der Waals surface area contributed by atoms with Crippen LogP contribution in [0.5, 0.6) is 0 Å². The van der Waals surface area contributed by atoms with Gasteiger partial charge in [0.05, 0.1) is 17.8 Å². The third-order valence-corrected chi connectivity index (χ3v) is 1.86. The van der Waals surface area contributed by atoms with Crippen LogP contribution in [0.25, 0.3) is 0 Å². The molecule has 1 nitrogen and oxygen atoms in total. The fourth-order valence-corrected chi connectivity index (χ4v) is 1.15. The first-order valence-corrected chi connectivity index (χ1v) is 5.00. The van der Waals surface area contributed by atoms with Gasteiger partial charge in [0.25, 0.3) is 0 Å². The lowest BCUT2D eigenvalue weighted by molar-refractivity contribution is 1.25. The molecule has 0 aliphatic carbocycles. The molecule has 0 aliphatic rings. The number of alkyl halides is 1. The standard InChI is InChI=1S/C11H8BrN/c12-8-3-6-10-4-1-2-5-11(10)7-9-13/h1-2,4-5H,7-8H2. The van der Waals surface area contributed by atoms with Crippen molar-refractivity contribution in [3.63, 3.8) is 0 Å². The highest BCUT2D eigenvalue weighted by Crippen LogP contribution is 2.07. The van der Waals surface area contributed by atoms with E-state index in [0.717, 1.165) is 11.1 Å². The molecule has 0 saturated heterocycles. The zero-order chi connectivity index (χ0) is 9.52. The first kappa shape index (κ1) is 9.84. The van der Waals surface area contributed by atoms with Gasteiger partial charge in [-0.1, -0.05) is 46.0 Å². The van der Waals surface area contributed by atoms with Gasteiger partial charge in [-0.25, -0.2) is 0 Å². The fraction of sp³-hybridized carbons (Fsp3) is 0.182. The zero-order valence-corrected chi connectivity index (χ0v) is 8.63. The summed E-state index contributed by atoms with van der Waals surface area (Å²) in [4.78, 5) is 0. The Hall–Kier alpha value is -1.25. The number of hydrogen-bond donors (Lipinski definition) is 0. The number of rotatable bonds is 1. The van der Waals surface area contributed by atoms with E-state index in [1.807, 2.05) is 24.3 Å². The van der Waals surface area contributed by atoms with Crippen LogP contribution in [0.3, 0.4) is 0 Å². The minimum Gasteiger partial charge on any atom is -0.198 e. The SMILES string of the molecule is N#CCc1ccccc1C#CCBr. The van der Waals surface area contributed by atoms with E-state index in [1.165, 1.54) is 0 Å². The second-order valence-electron chi connectivity index (χ2n) is 2.43. The molecule has 0 aromatic heterocycles. The van der Waals surface area contributed by atoms with E-state index in [-0.39, 0.29) is 0 Å². The van der Waals surface area contributed by atoms with Crippen LogP contribution in [0.4, 0.5) is 0 Å². The Kier molecular flexibility index (Phi) is 4.09. The molecule has 1 aromatic rings. The summed E-state index contributed by atoms with van der Waals surface area (Å²) in [6, 6.07) is 9.84. The number of nitriles is 1. The maximum atomic E-state index is 8.56. The lowest BCUT2D eigenvalue weighted by atomic mass is 10.1. The highest BCUT2D eigenvalue weighted by atomic mass is 79.9. The Bertz CT molecular complexity index is 379. The maximum Gasteiger partial charge on any atom is 0.0670 e. The second kappa shape index (κ2) is 5.41. The van der Waals surface area contributed by atoms with Crippen LogP contribution in [-0.2, 0) is 6.42 Å². The van der Waals surface area contributed by atoms with Crippen molar-refractivity contribution in [2.45, 2.75) is 6.42 Å². The third kappa shape index (κ3) is 2.93. The Morgan fingerprint density at radius 2 is 2.08 bits per heavy atom. The normalized spacial score (nSPS) is 8.31. The number of hydrogen-bond acceptors (Lipinski definition) is 1. The maximum absolute atomic E-state index is 8.56. The summed E-state index contributed by atoms with van der Waals surface area (Å²) in [5, 5.41) is 9.22. The van der Waals surface area contributed by atoms with Crippen molar-refractivity contribution in [3.05, 3.63) is 35.4 Å². The van der Waals surface area contributed by atoms with Gasteiger partial charge in [0.2, 0.25) is 0 Å². The highest BCUT2D eigenvalue weighted by molar-refractivity contribution is 9.09. The predicted octanol–water partition coefficient (Wildman–Crippen LogP) is 2.50. The Morgan fingerprint density at radius 1 is 1.31 bits per heavy atom. The molecule has 0 aliphatic heterocycles. The number of nitrogens with zero attached hydrogens (tertiary/aromatic N) is 1. The van der Waals surface area contributed by atoms with Crippen molar-refractivity contribution < 1.29 is 0 Å². The van der Waals surface area contributed by atoms with E-state index in [1.54, 1.807) is 0 Å². The Balaban J connectivity index is 2.99. The molecule has 0 amide bonds. The van der Waals surface area contributed by atoms with Gasteiger partial charge in [-0.3, -0.25) is 0 Å². The van der Waals surface area contributed by atoms with Gasteiger partial charge in [-0.05, 0) is 11.6 Å². The fourth-order valence-electron chi connectivity index (χ4n) is 1.01. The van der Waals surface area contributed by atoms with E-state index in [4.69, 9.17) is 5.26 Å². The van der Waals surface area contributed by atoms with Crippen molar-refractivity contribution in [2.24, 2.45) is 0 Å². The van der Waals surface area contributed by atoms with E-state index >= 15 is 0 Å². The smallest absolute Gasteiger partial charge is 0.0670 e. The van der Waals surface area contributed by atoms with Crippen LogP contribution < -0.4 is 0 Å². The van der Waals surface area contributed by atoms with E-state index in [2.05, 4.69) is 33.8 Å². The number of halogens is 1. The Labute approximate surface area is 86.5 Å². The summed E-state index contributed by atoms with van der Waals surface area (Å²) in [5.41, 5.74) is 1.95. The van der Waals surface area contributed by atoms with Gasteiger partial charge >= 0.3 is 0 Å². The number of benzene rings is 1. The van der Waals surface area contributed by atoms with Crippen molar-refractivity contribution in [1.29, 1.82) is 5.26 Å². The van der Waals surface area contributed by atoms with Gasteiger partial charge in [-0.2, -0.15) is 5.26 Å². The molecule has 1 aromatic carbocycles. The van der Waals surface area contributed by atoms with E-state index < -0.39 is 0 Å². The van der Waals surface area contributed by atoms with Gasteiger partial charge in [0, 0.05) is 5.56 Å². The van der Waals surface area contributed by atoms with Crippen molar-refractivity contribution in [2.75, 3.05) is 5.33 Å². The minimum atomic E-state index is 0.424. The average Bonchev–Trinajstić information content (AvgIpc) is 2.17. The molecule has 0 radical (unpaired) electrons. The summed E-state index contributed by atoms with van der Waals surface area (Å²) in [7, 11) is 0. The monoisotopic (exact) mass is 233 g/mol. The molecule has 0 fully saturated rings. The summed E-state index contributed by atoms with van der Waals surface area (Å²) >= 11 is 3.23. The molecule has 0 spiro atoms. The molecule has 0 atom stereocenters. The largest absolute Gasteiger partial charge is 0.198 e. The minimum absolute atomic E-state index is 0.424. The van der Waals surface area contributed by atoms with Crippen LogP contribution in [-0.4, -0.2) is 5.33 Å². The lowest BCUT2D eigenvalue weighted by Gasteiger charge is -1.97. The zero-order valence-electron chi connectivity index (χ0n) is 7.05. The van der Waals surface area contributed by atoms with Crippen molar-refractivity contribution in [3.8, 4) is 17.9 Å². The summed E-state index contributed by atoms with van der Waals surface area (Å²) in [6.07, 6.45) is 0.424. The molecule has 0 heterocycles. The first-order chi connectivity index (χ1) is 6.38. The Morgan fingerprint density at radius 3 is 2.77 bits per heavy atom. The van der Waals surface area contributed by atoms with Crippen molar-refractivity contribution >= 4 is 15.9 Å². The van der Waals surface area contributed by atoms with Gasteiger partial charge < -0.3 is 0 Å². The van der Waals surface area contributed by atoms with Gasteiger partial charge in [-0.15, -0.1) is 0 Å². The molecule has 0 N–H and O–H groups in total. The second-order valence-corrected chi connectivity index (χ2v) is 2.99. The predicted molar refractivity (Wildman–Crippen MR) is 56.4 cm³/mol. The molecule has 64 valence electrons. The molecule has 0 saturated carbocycles. The molecule has 1 rings (SSSR count). The van der Waals surface area contributed by atoms with Crippen molar-refractivity contribution in [1.82, 2.24) is 0 Å². The molecule has 0 unspecified atom stereocenters. The third-order valence-electron chi connectivity index (χ3n) is 1.58. The van der Waals surface area contributed by atoms with Crippen LogP contribution in [0, 0.1) is 23.2 Å². The van der Waals surface area contributed by atoms with Crippen LogP contribution in [0.1, 0.15) is 11.1 Å². The first-order valence-electron chi connectivity index (χ1n) is 3.88. The topological polar surface area (TPSA) is 23.8 Å². The quantitative estimate of drug-likeness (QED) is 0.541. The van der Waals surface area contributed by atoms with E-state index in [0.29, 0.717) is 11.8 Å². The molecule has 13 heavy (non-hydrogen) atoms. The van der Waals surface area contributed by atoms with E-state index in [9.17, 15) is 0 Å². The van der Waals surface area contributed by atoms with Gasteiger partial charge in [0.15, 0.2) is 0 Å². The van der Waals surface area contributed by atoms with Crippen LogP contribution in [0.2, 0.25) is 0 Å².